The van der Waals surface area contributed by atoms with Crippen molar-refractivity contribution in [2.24, 2.45) is 0 Å². The molecule has 1 amide bonds. The second kappa shape index (κ2) is 9.80. The lowest BCUT2D eigenvalue weighted by Crippen LogP contribution is -2.23. The first-order valence-corrected chi connectivity index (χ1v) is 9.30. The van der Waals surface area contributed by atoms with E-state index in [-0.39, 0.29) is 18.1 Å². The van der Waals surface area contributed by atoms with Crippen molar-refractivity contribution in [1.82, 2.24) is 25.2 Å². The molecule has 0 aliphatic heterocycles. The Labute approximate surface area is 166 Å². The maximum Gasteiger partial charge on any atom is 0.225 e. The Morgan fingerprint density at radius 2 is 2.04 bits per heavy atom. The van der Waals surface area contributed by atoms with Crippen molar-refractivity contribution in [2.45, 2.75) is 33.7 Å². The fourth-order valence-electron chi connectivity index (χ4n) is 2.42. The fraction of sp³-hybridized carbons (Fsp3) is 0.263. The van der Waals surface area contributed by atoms with Crippen LogP contribution in [0.2, 0.25) is 0 Å². The van der Waals surface area contributed by atoms with Gasteiger partial charge in [-0.3, -0.25) is 4.79 Å². The highest BCUT2D eigenvalue weighted by Gasteiger charge is 2.19. The van der Waals surface area contributed by atoms with Crippen LogP contribution >= 0.6 is 9.24 Å². The summed E-state index contributed by atoms with van der Waals surface area (Å²) in [5, 5.41) is 11.3. The molecule has 3 aromatic rings. The van der Waals surface area contributed by atoms with Crippen LogP contribution in [0.1, 0.15) is 27.2 Å². The number of carbonyl (C=O) groups excluding carboxylic acids is 1. The van der Waals surface area contributed by atoms with E-state index in [4.69, 9.17) is 5.73 Å². The number of hydrogen-bond acceptors (Lipinski definition) is 6. The van der Waals surface area contributed by atoms with E-state index in [2.05, 4.69) is 41.1 Å². The summed E-state index contributed by atoms with van der Waals surface area (Å²) in [6.45, 7) is 9.46. The first-order valence-electron chi connectivity index (χ1n) is 8.72. The highest BCUT2D eigenvalue weighted by Crippen LogP contribution is 2.26. The number of carbonyl (C=O) groups is 1. The number of allylic oxidation sites excluding steroid dienone is 3. The number of hydrogen-bond donors (Lipinski definition) is 2. The Morgan fingerprint density at radius 1 is 1.36 bits per heavy atom. The molecular formula is C19H25N6O2P. The van der Waals surface area contributed by atoms with Gasteiger partial charge in [-0.05, 0) is 48.5 Å². The smallest absolute Gasteiger partial charge is 0.225 e. The Kier molecular flexibility index (Phi) is 7.46. The number of benzene rings is 1. The summed E-state index contributed by atoms with van der Waals surface area (Å²) < 4.78 is 6.59. The number of aryl methyl sites for hydroxylation is 1. The van der Waals surface area contributed by atoms with Crippen LogP contribution in [0.4, 0.5) is 5.82 Å². The molecule has 1 unspecified atom stereocenters. The molecule has 28 heavy (non-hydrogen) atoms. The third-order valence-corrected chi connectivity index (χ3v) is 4.29. The summed E-state index contributed by atoms with van der Waals surface area (Å²) in [7, 11) is 2.57. The second-order valence-electron chi connectivity index (χ2n) is 6.09. The topological polar surface area (TPSA) is 112 Å². The van der Waals surface area contributed by atoms with Gasteiger partial charge in [-0.1, -0.05) is 18.2 Å². The molecule has 148 valence electrons. The molecule has 0 fully saturated rings. The van der Waals surface area contributed by atoms with E-state index in [0.717, 1.165) is 22.0 Å². The van der Waals surface area contributed by atoms with Gasteiger partial charge >= 0.3 is 0 Å². The molecule has 8 nitrogen and oxygen atoms in total. The quantitative estimate of drug-likeness (QED) is 0.501. The van der Waals surface area contributed by atoms with Crippen molar-refractivity contribution < 1.29 is 9.42 Å². The highest BCUT2D eigenvalue weighted by molar-refractivity contribution is 7.22. The number of nitrogens with zero attached hydrogens (tertiary/aromatic N) is 4. The van der Waals surface area contributed by atoms with Gasteiger partial charge in [0.25, 0.3) is 0 Å². The van der Waals surface area contributed by atoms with Crippen molar-refractivity contribution >= 4 is 32.0 Å². The van der Waals surface area contributed by atoms with Gasteiger partial charge in [0.05, 0.1) is 11.0 Å². The Balaban J connectivity index is 0.000000878. The summed E-state index contributed by atoms with van der Waals surface area (Å²) in [4.78, 5) is 16.8. The monoisotopic (exact) mass is 400 g/mol. The minimum absolute atomic E-state index is 0.0747. The maximum atomic E-state index is 12.2. The van der Waals surface area contributed by atoms with E-state index < -0.39 is 0 Å². The second-order valence-corrected chi connectivity index (χ2v) is 6.95. The van der Waals surface area contributed by atoms with E-state index in [1.807, 2.05) is 49.6 Å². The molecule has 1 atom stereocenters. The lowest BCUT2D eigenvalue weighted by molar-refractivity contribution is -0.120. The van der Waals surface area contributed by atoms with E-state index in [0.29, 0.717) is 18.1 Å². The number of aromatic nitrogens is 4. The predicted molar refractivity (Wildman–Crippen MR) is 114 cm³/mol. The van der Waals surface area contributed by atoms with Gasteiger partial charge in [0.2, 0.25) is 5.91 Å². The average molecular weight is 400 g/mol. The molecule has 0 spiro atoms. The van der Waals surface area contributed by atoms with E-state index in [1.165, 1.54) is 0 Å². The van der Waals surface area contributed by atoms with Crippen LogP contribution in [0.25, 0.3) is 22.6 Å². The molecule has 0 saturated heterocycles. The predicted octanol–water partition coefficient (Wildman–Crippen LogP) is 3.49. The molecular weight excluding hydrogens is 375 g/mol. The minimum Gasteiger partial charge on any atom is -0.379 e. The number of nitrogen functional groups attached to an aromatic ring is 1. The van der Waals surface area contributed by atoms with Crippen molar-refractivity contribution in [3.8, 4) is 11.5 Å². The summed E-state index contributed by atoms with van der Waals surface area (Å²) >= 11 is 0. The largest absolute Gasteiger partial charge is 0.379 e. The van der Waals surface area contributed by atoms with Crippen LogP contribution < -0.4 is 11.1 Å². The lowest BCUT2D eigenvalue weighted by atomic mass is 10.3. The van der Waals surface area contributed by atoms with Crippen LogP contribution in [0, 0.1) is 0 Å². The van der Waals surface area contributed by atoms with Gasteiger partial charge < -0.3 is 15.6 Å². The number of fused-ring (bicyclic) bond motifs is 1. The number of para-hydroxylation sites is 2. The molecule has 3 rings (SSSR count). The SMILES string of the molecule is C/C(P)=C(\C)NC(=O)CCn1c(-c2nonc2N)nc2ccccc21.C=CC. The van der Waals surface area contributed by atoms with Crippen molar-refractivity contribution in [1.29, 1.82) is 0 Å². The summed E-state index contributed by atoms with van der Waals surface area (Å²) in [5.41, 5.74) is 8.69. The number of imidazole rings is 1. The van der Waals surface area contributed by atoms with E-state index in [1.54, 1.807) is 6.08 Å². The molecule has 9 heteroatoms. The zero-order chi connectivity index (χ0) is 20.7. The van der Waals surface area contributed by atoms with Crippen LogP contribution in [-0.2, 0) is 11.3 Å². The van der Waals surface area contributed by atoms with Gasteiger partial charge in [0.15, 0.2) is 17.3 Å². The Bertz CT molecular complexity index is 1000. The van der Waals surface area contributed by atoms with Crippen LogP contribution in [0.5, 0.6) is 0 Å². The molecule has 3 N–H and O–H groups in total. The zero-order valence-corrected chi connectivity index (χ0v) is 17.4. The average Bonchev–Trinajstić information content (AvgIpc) is 3.23. The number of amides is 1. The third kappa shape index (κ3) is 5.04. The Hall–Kier alpha value is -2.99. The molecule has 0 aliphatic rings. The van der Waals surface area contributed by atoms with Crippen molar-refractivity contribution in [3.63, 3.8) is 0 Å². The first-order chi connectivity index (χ1) is 13.4. The fourth-order valence-corrected chi connectivity index (χ4v) is 2.49. The summed E-state index contributed by atoms with van der Waals surface area (Å²) in [5.74, 6) is 0.620. The maximum absolute atomic E-state index is 12.2. The number of nitrogens with one attached hydrogen (secondary N) is 1. The number of anilines is 1. The Morgan fingerprint density at radius 3 is 2.64 bits per heavy atom. The molecule has 0 saturated carbocycles. The zero-order valence-electron chi connectivity index (χ0n) is 16.3. The molecule has 0 radical (unpaired) electrons. The van der Waals surface area contributed by atoms with Crippen molar-refractivity contribution in [3.05, 3.63) is 47.9 Å². The third-order valence-electron chi connectivity index (χ3n) is 3.86. The summed E-state index contributed by atoms with van der Waals surface area (Å²) in [6.07, 6.45) is 2.04. The van der Waals surface area contributed by atoms with Gasteiger partial charge in [-0.15, -0.1) is 15.8 Å². The van der Waals surface area contributed by atoms with Gasteiger partial charge in [0.1, 0.15) is 0 Å². The van der Waals surface area contributed by atoms with Gasteiger partial charge in [0, 0.05) is 18.7 Å². The normalized spacial score (nSPS) is 11.4. The van der Waals surface area contributed by atoms with Crippen LogP contribution in [0.3, 0.4) is 0 Å². The molecule has 1 aromatic carbocycles. The molecule has 2 aromatic heterocycles. The summed E-state index contributed by atoms with van der Waals surface area (Å²) in [6, 6.07) is 7.64. The van der Waals surface area contributed by atoms with Gasteiger partial charge in [-0.25, -0.2) is 9.61 Å². The minimum atomic E-state index is -0.0747. The highest BCUT2D eigenvalue weighted by atomic mass is 31.0. The van der Waals surface area contributed by atoms with Crippen LogP contribution in [-0.4, -0.2) is 25.8 Å². The van der Waals surface area contributed by atoms with E-state index >= 15 is 0 Å². The van der Waals surface area contributed by atoms with Gasteiger partial charge in [-0.2, -0.15) is 0 Å². The lowest BCUT2D eigenvalue weighted by Gasteiger charge is -2.10. The molecule has 0 aliphatic carbocycles. The first kappa shape index (κ1) is 21.3. The standard InChI is InChI=1S/C16H19N6O2P.C3H6/c1-9(10(2)25)18-13(23)7-8-22-12-6-4-3-5-11(12)19-16(22)14-15(17)21-24-20-14;1-3-2/h3-6H,7-8,25H2,1-2H3,(H2,17,21)(H,18,23);3H,1H2,2H3/b10-9-;. The van der Waals surface area contributed by atoms with Crippen LogP contribution in [0.15, 0.2) is 52.6 Å². The number of rotatable bonds is 5. The molecule has 2 heterocycles. The molecule has 0 bridgehead atoms. The van der Waals surface area contributed by atoms with Crippen molar-refractivity contribution in [2.75, 3.05) is 5.73 Å². The van der Waals surface area contributed by atoms with E-state index in [9.17, 15) is 4.79 Å². The number of nitrogens with two attached hydrogens (primary N) is 1.